The lowest BCUT2D eigenvalue weighted by Gasteiger charge is -2.36. The number of hydrogen-bond donors (Lipinski definition) is 1. The molecule has 0 spiro atoms. The molecule has 0 fully saturated rings. The highest BCUT2D eigenvalue weighted by molar-refractivity contribution is 6.11. The predicted molar refractivity (Wildman–Crippen MR) is 71.2 cm³/mol. The standard InChI is InChI=1S/C16H22O2/c1-2-10-7-8-13-14(9-10)16(18)12-6-4-3-5-11(12)15(13)17/h10,15,17H,2-9H2,1H3. The molecular formula is C16H22O2. The van der Waals surface area contributed by atoms with Gasteiger partial charge in [-0.15, -0.1) is 0 Å². The number of carbonyl (C=O) groups excluding carboxylic acids is 1. The first kappa shape index (κ1) is 12.2. The van der Waals surface area contributed by atoms with Crippen molar-refractivity contribution in [3.05, 3.63) is 22.3 Å². The summed E-state index contributed by atoms with van der Waals surface area (Å²) >= 11 is 0. The Hall–Kier alpha value is -0.890. The molecule has 0 amide bonds. The quantitative estimate of drug-likeness (QED) is 0.770. The summed E-state index contributed by atoms with van der Waals surface area (Å²) in [7, 11) is 0. The van der Waals surface area contributed by atoms with Gasteiger partial charge in [0.05, 0.1) is 6.10 Å². The van der Waals surface area contributed by atoms with Gasteiger partial charge in [0.1, 0.15) is 0 Å². The van der Waals surface area contributed by atoms with Crippen molar-refractivity contribution in [2.75, 3.05) is 0 Å². The van der Waals surface area contributed by atoms with Crippen molar-refractivity contribution in [1.82, 2.24) is 0 Å². The Labute approximate surface area is 109 Å². The van der Waals surface area contributed by atoms with Crippen LogP contribution in [0.2, 0.25) is 0 Å². The molecule has 3 aliphatic carbocycles. The van der Waals surface area contributed by atoms with Crippen LogP contribution in [0.15, 0.2) is 22.3 Å². The highest BCUT2D eigenvalue weighted by Crippen LogP contribution is 2.43. The highest BCUT2D eigenvalue weighted by atomic mass is 16.3. The maximum atomic E-state index is 12.6. The normalized spacial score (nSPS) is 32.4. The number of Topliss-reactive ketones (excluding diaryl/α,β-unsaturated/α-hetero) is 1. The summed E-state index contributed by atoms with van der Waals surface area (Å²) in [4.78, 5) is 12.6. The molecule has 1 N–H and O–H groups in total. The molecule has 0 aromatic rings. The Morgan fingerprint density at radius 1 is 1.11 bits per heavy atom. The van der Waals surface area contributed by atoms with E-state index in [0.29, 0.717) is 5.92 Å². The molecule has 2 nitrogen and oxygen atoms in total. The predicted octanol–water partition coefficient (Wildman–Crippen LogP) is 3.31. The van der Waals surface area contributed by atoms with E-state index in [2.05, 4.69) is 6.92 Å². The minimum atomic E-state index is -0.425. The summed E-state index contributed by atoms with van der Waals surface area (Å²) < 4.78 is 0. The first-order valence-corrected chi connectivity index (χ1v) is 7.39. The summed E-state index contributed by atoms with van der Waals surface area (Å²) in [5.74, 6) is 0.925. The highest BCUT2D eigenvalue weighted by Gasteiger charge is 2.37. The lowest BCUT2D eigenvalue weighted by molar-refractivity contribution is -0.113. The van der Waals surface area contributed by atoms with Gasteiger partial charge in [-0.25, -0.2) is 0 Å². The fourth-order valence-electron chi connectivity index (χ4n) is 3.80. The summed E-state index contributed by atoms with van der Waals surface area (Å²) in [5, 5.41) is 10.5. The van der Waals surface area contributed by atoms with Crippen LogP contribution in [0, 0.1) is 5.92 Å². The van der Waals surface area contributed by atoms with Crippen LogP contribution in [0.5, 0.6) is 0 Å². The zero-order valence-corrected chi connectivity index (χ0v) is 11.2. The lowest BCUT2D eigenvalue weighted by Crippen LogP contribution is -2.32. The Kier molecular flexibility index (Phi) is 3.14. The van der Waals surface area contributed by atoms with Crippen LogP contribution in [0.3, 0.4) is 0 Å². The second-order valence-corrected chi connectivity index (χ2v) is 5.96. The van der Waals surface area contributed by atoms with E-state index in [4.69, 9.17) is 0 Å². The van der Waals surface area contributed by atoms with Crippen molar-refractivity contribution in [1.29, 1.82) is 0 Å². The topological polar surface area (TPSA) is 37.3 Å². The Bertz CT molecular complexity index is 442. The molecule has 0 aromatic heterocycles. The third kappa shape index (κ3) is 1.78. The number of aliphatic hydroxyl groups is 1. The summed E-state index contributed by atoms with van der Waals surface area (Å²) in [5.41, 5.74) is 4.05. The molecule has 0 aromatic carbocycles. The number of allylic oxidation sites excluding steroid dienone is 2. The number of hydrogen-bond acceptors (Lipinski definition) is 2. The monoisotopic (exact) mass is 246 g/mol. The van der Waals surface area contributed by atoms with Crippen LogP contribution in [-0.2, 0) is 4.79 Å². The molecule has 2 heteroatoms. The van der Waals surface area contributed by atoms with E-state index in [1.165, 1.54) is 0 Å². The number of rotatable bonds is 1. The molecule has 0 heterocycles. The van der Waals surface area contributed by atoms with Crippen LogP contribution in [0.25, 0.3) is 0 Å². The molecule has 0 aliphatic heterocycles. The van der Waals surface area contributed by atoms with Gasteiger partial charge in [0.15, 0.2) is 5.78 Å². The second-order valence-electron chi connectivity index (χ2n) is 5.96. The molecule has 2 unspecified atom stereocenters. The van der Waals surface area contributed by atoms with E-state index in [-0.39, 0.29) is 5.78 Å². The van der Waals surface area contributed by atoms with E-state index in [1.807, 2.05) is 0 Å². The average Bonchev–Trinajstić information content (AvgIpc) is 2.44. The minimum absolute atomic E-state index is 0.281. The third-order valence-electron chi connectivity index (χ3n) is 5.00. The molecule has 0 bridgehead atoms. The summed E-state index contributed by atoms with van der Waals surface area (Å²) in [6, 6.07) is 0. The molecule has 3 aliphatic rings. The minimum Gasteiger partial charge on any atom is -0.384 e. The summed E-state index contributed by atoms with van der Waals surface area (Å²) in [6.45, 7) is 2.20. The van der Waals surface area contributed by atoms with E-state index in [1.54, 1.807) is 0 Å². The average molecular weight is 246 g/mol. The van der Waals surface area contributed by atoms with Gasteiger partial charge in [-0.2, -0.15) is 0 Å². The van der Waals surface area contributed by atoms with Gasteiger partial charge in [0.2, 0.25) is 0 Å². The van der Waals surface area contributed by atoms with Crippen LogP contribution in [0.1, 0.15) is 58.3 Å². The smallest absolute Gasteiger partial charge is 0.185 e. The van der Waals surface area contributed by atoms with Gasteiger partial charge in [-0.3, -0.25) is 4.79 Å². The van der Waals surface area contributed by atoms with Crippen LogP contribution in [0.4, 0.5) is 0 Å². The zero-order chi connectivity index (χ0) is 12.7. The van der Waals surface area contributed by atoms with Crippen LogP contribution < -0.4 is 0 Å². The van der Waals surface area contributed by atoms with Crippen molar-refractivity contribution < 1.29 is 9.90 Å². The van der Waals surface area contributed by atoms with Crippen LogP contribution >= 0.6 is 0 Å². The van der Waals surface area contributed by atoms with Crippen molar-refractivity contribution in [3.8, 4) is 0 Å². The molecule has 2 atom stereocenters. The van der Waals surface area contributed by atoms with Gasteiger partial charge in [0, 0.05) is 11.1 Å². The van der Waals surface area contributed by atoms with Crippen molar-refractivity contribution in [2.45, 2.75) is 64.4 Å². The Morgan fingerprint density at radius 3 is 2.61 bits per heavy atom. The molecule has 0 saturated carbocycles. The van der Waals surface area contributed by atoms with Gasteiger partial charge < -0.3 is 5.11 Å². The molecule has 0 saturated heterocycles. The summed E-state index contributed by atoms with van der Waals surface area (Å²) in [6.07, 6.45) is 7.74. The number of carbonyl (C=O) groups is 1. The first-order valence-electron chi connectivity index (χ1n) is 7.39. The molecule has 98 valence electrons. The molecule has 18 heavy (non-hydrogen) atoms. The maximum absolute atomic E-state index is 12.6. The Balaban J connectivity index is 1.96. The van der Waals surface area contributed by atoms with E-state index < -0.39 is 6.10 Å². The van der Waals surface area contributed by atoms with E-state index in [9.17, 15) is 9.90 Å². The van der Waals surface area contributed by atoms with Crippen molar-refractivity contribution in [3.63, 3.8) is 0 Å². The zero-order valence-electron chi connectivity index (χ0n) is 11.2. The van der Waals surface area contributed by atoms with E-state index >= 15 is 0 Å². The SMILES string of the molecule is CCC1CCC2=C(C1)C(=O)C1=C(CCCC1)C2O. The van der Waals surface area contributed by atoms with Crippen LogP contribution in [-0.4, -0.2) is 17.0 Å². The third-order valence-corrected chi connectivity index (χ3v) is 5.00. The number of ketones is 1. The largest absolute Gasteiger partial charge is 0.384 e. The second kappa shape index (κ2) is 4.65. The lowest BCUT2D eigenvalue weighted by atomic mass is 9.70. The fraction of sp³-hybridized carbons (Fsp3) is 0.688. The van der Waals surface area contributed by atoms with Gasteiger partial charge in [-0.1, -0.05) is 13.3 Å². The molecular weight excluding hydrogens is 224 g/mol. The first-order chi connectivity index (χ1) is 8.72. The van der Waals surface area contributed by atoms with Crippen molar-refractivity contribution >= 4 is 5.78 Å². The van der Waals surface area contributed by atoms with Crippen molar-refractivity contribution in [2.24, 2.45) is 5.92 Å². The fourth-order valence-corrected chi connectivity index (χ4v) is 3.80. The number of aliphatic hydroxyl groups excluding tert-OH is 1. The van der Waals surface area contributed by atoms with Gasteiger partial charge >= 0.3 is 0 Å². The van der Waals surface area contributed by atoms with E-state index in [0.717, 1.165) is 73.7 Å². The molecule has 3 rings (SSSR count). The molecule has 0 radical (unpaired) electrons. The van der Waals surface area contributed by atoms with Gasteiger partial charge in [0.25, 0.3) is 0 Å². The van der Waals surface area contributed by atoms with Gasteiger partial charge in [-0.05, 0) is 62.0 Å². The Morgan fingerprint density at radius 2 is 1.83 bits per heavy atom. The maximum Gasteiger partial charge on any atom is 0.185 e.